The maximum Gasteiger partial charge on any atom is 0.293 e. The Morgan fingerprint density at radius 2 is 2.12 bits per heavy atom. The van der Waals surface area contributed by atoms with Gasteiger partial charge in [-0.3, -0.25) is 19.8 Å². The fourth-order valence-corrected chi connectivity index (χ4v) is 4.15. The second-order valence-electron chi connectivity index (χ2n) is 6.27. The van der Waals surface area contributed by atoms with E-state index in [0.717, 1.165) is 23.5 Å². The lowest BCUT2D eigenvalue weighted by Crippen LogP contribution is -2.46. The number of aromatic nitrogens is 1. The van der Waals surface area contributed by atoms with Gasteiger partial charge in [0.05, 0.1) is 31.7 Å². The van der Waals surface area contributed by atoms with Gasteiger partial charge in [-0.25, -0.2) is 4.98 Å². The molecular weight excluding hydrogens is 356 g/mol. The molecule has 8 nitrogen and oxygen atoms in total. The van der Waals surface area contributed by atoms with Crippen molar-refractivity contribution >= 4 is 28.3 Å². The molecule has 4 heterocycles. The zero-order valence-electron chi connectivity index (χ0n) is 14.3. The van der Waals surface area contributed by atoms with Crippen molar-refractivity contribution in [1.82, 2.24) is 14.8 Å². The summed E-state index contributed by atoms with van der Waals surface area (Å²) in [5.74, 6) is 0.101. The molecule has 4 rings (SSSR count). The quantitative estimate of drug-likeness (QED) is 0.863. The van der Waals surface area contributed by atoms with Gasteiger partial charge < -0.3 is 14.1 Å². The standard InChI is InChI=1S/C17H20N4O4S/c22-15(21-5-8-24-9-6-21)11-20-4-3-12-14(10-20)26-17(18-12)19-16(23)13-2-1-7-25-13/h1-2,7H,3-6,8-11H2,(H,18,19,23). The van der Waals surface area contributed by atoms with E-state index in [1.807, 2.05) is 4.90 Å². The average Bonchev–Trinajstić information content (AvgIpc) is 3.31. The van der Waals surface area contributed by atoms with E-state index in [0.29, 0.717) is 44.5 Å². The molecule has 0 unspecified atom stereocenters. The Labute approximate surface area is 154 Å². The fraction of sp³-hybridized carbons (Fsp3) is 0.471. The predicted molar refractivity (Wildman–Crippen MR) is 95.2 cm³/mol. The predicted octanol–water partition coefficient (Wildman–Crippen LogP) is 1.21. The Kier molecular flexibility index (Phi) is 5.00. The van der Waals surface area contributed by atoms with E-state index in [1.54, 1.807) is 12.1 Å². The second kappa shape index (κ2) is 7.56. The number of carbonyl (C=O) groups excluding carboxylic acids is 2. The zero-order valence-corrected chi connectivity index (χ0v) is 15.1. The number of rotatable bonds is 4. The third kappa shape index (κ3) is 3.79. The molecule has 138 valence electrons. The van der Waals surface area contributed by atoms with E-state index in [2.05, 4.69) is 15.2 Å². The summed E-state index contributed by atoms with van der Waals surface area (Å²) in [4.78, 5) is 34.1. The average molecular weight is 376 g/mol. The Balaban J connectivity index is 1.35. The van der Waals surface area contributed by atoms with Gasteiger partial charge in [0.15, 0.2) is 10.9 Å². The van der Waals surface area contributed by atoms with Crippen LogP contribution in [-0.4, -0.2) is 66.0 Å². The van der Waals surface area contributed by atoms with Crippen molar-refractivity contribution in [2.75, 3.05) is 44.7 Å². The first-order chi connectivity index (χ1) is 12.7. The summed E-state index contributed by atoms with van der Waals surface area (Å²) >= 11 is 1.46. The summed E-state index contributed by atoms with van der Waals surface area (Å²) in [6.07, 6.45) is 2.24. The monoisotopic (exact) mass is 376 g/mol. The van der Waals surface area contributed by atoms with Crippen molar-refractivity contribution in [3.8, 4) is 0 Å². The summed E-state index contributed by atoms with van der Waals surface area (Å²) in [6.45, 7) is 4.44. The maximum absolute atomic E-state index is 12.4. The molecule has 2 amide bonds. The molecule has 2 aliphatic heterocycles. The molecule has 2 aromatic heterocycles. The molecule has 0 saturated carbocycles. The van der Waals surface area contributed by atoms with E-state index in [4.69, 9.17) is 9.15 Å². The van der Waals surface area contributed by atoms with Crippen LogP contribution < -0.4 is 5.32 Å². The molecule has 2 aliphatic rings. The highest BCUT2D eigenvalue weighted by molar-refractivity contribution is 7.15. The summed E-state index contributed by atoms with van der Waals surface area (Å²) < 4.78 is 10.4. The van der Waals surface area contributed by atoms with E-state index >= 15 is 0 Å². The van der Waals surface area contributed by atoms with Crippen molar-refractivity contribution in [2.45, 2.75) is 13.0 Å². The number of carbonyl (C=O) groups is 2. The third-order valence-corrected chi connectivity index (χ3v) is 5.50. The summed E-state index contributed by atoms with van der Waals surface area (Å²) in [7, 11) is 0. The molecule has 1 N–H and O–H groups in total. The van der Waals surface area contributed by atoms with Crippen molar-refractivity contribution in [1.29, 1.82) is 0 Å². The minimum absolute atomic E-state index is 0.146. The van der Waals surface area contributed by atoms with Gasteiger partial charge in [0.2, 0.25) is 5.91 Å². The lowest BCUT2D eigenvalue weighted by atomic mass is 10.2. The molecule has 0 spiro atoms. The van der Waals surface area contributed by atoms with E-state index in [9.17, 15) is 9.59 Å². The highest BCUT2D eigenvalue weighted by Crippen LogP contribution is 2.28. The smallest absolute Gasteiger partial charge is 0.293 e. The number of thiazole rings is 1. The molecule has 26 heavy (non-hydrogen) atoms. The van der Waals surface area contributed by atoms with Crippen LogP contribution in [0.3, 0.4) is 0 Å². The maximum atomic E-state index is 12.4. The van der Waals surface area contributed by atoms with Crippen molar-refractivity contribution in [2.24, 2.45) is 0 Å². The normalized spacial score (nSPS) is 17.8. The third-order valence-electron chi connectivity index (χ3n) is 4.50. The molecule has 2 aromatic rings. The topological polar surface area (TPSA) is 87.9 Å². The Bertz CT molecular complexity index is 783. The van der Waals surface area contributed by atoms with Gasteiger partial charge in [-0.1, -0.05) is 0 Å². The van der Waals surface area contributed by atoms with E-state index in [-0.39, 0.29) is 17.6 Å². The van der Waals surface area contributed by atoms with Crippen LogP contribution >= 0.6 is 11.3 Å². The van der Waals surface area contributed by atoms with Gasteiger partial charge in [-0.2, -0.15) is 0 Å². The number of nitrogens with one attached hydrogen (secondary N) is 1. The van der Waals surface area contributed by atoms with Gasteiger partial charge in [-0.05, 0) is 12.1 Å². The molecule has 0 aromatic carbocycles. The Hall–Kier alpha value is -2.23. The number of amides is 2. The van der Waals surface area contributed by atoms with Crippen LogP contribution in [0.25, 0.3) is 0 Å². The highest BCUT2D eigenvalue weighted by atomic mass is 32.1. The first-order valence-corrected chi connectivity index (χ1v) is 9.42. The van der Waals surface area contributed by atoms with Crippen molar-refractivity contribution < 1.29 is 18.7 Å². The fourth-order valence-electron chi connectivity index (χ4n) is 3.11. The summed E-state index contributed by atoms with van der Waals surface area (Å²) in [6, 6.07) is 3.28. The van der Waals surface area contributed by atoms with Gasteiger partial charge >= 0.3 is 0 Å². The lowest BCUT2D eigenvalue weighted by Gasteiger charge is -2.31. The van der Waals surface area contributed by atoms with Crippen LogP contribution in [0.4, 0.5) is 5.13 Å². The van der Waals surface area contributed by atoms with Crippen molar-refractivity contribution in [3.63, 3.8) is 0 Å². The van der Waals surface area contributed by atoms with Crippen LogP contribution in [0, 0.1) is 0 Å². The highest BCUT2D eigenvalue weighted by Gasteiger charge is 2.25. The number of fused-ring (bicyclic) bond motifs is 1. The lowest BCUT2D eigenvalue weighted by molar-refractivity contribution is -0.136. The number of nitrogens with zero attached hydrogens (tertiary/aromatic N) is 3. The molecule has 0 atom stereocenters. The molecule has 9 heteroatoms. The molecule has 0 bridgehead atoms. The zero-order chi connectivity index (χ0) is 17.9. The largest absolute Gasteiger partial charge is 0.459 e. The first kappa shape index (κ1) is 17.2. The van der Waals surface area contributed by atoms with E-state index < -0.39 is 0 Å². The minimum atomic E-state index is -0.305. The second-order valence-corrected chi connectivity index (χ2v) is 7.36. The molecule has 0 radical (unpaired) electrons. The van der Waals surface area contributed by atoms with E-state index in [1.165, 1.54) is 17.6 Å². The molecule has 0 aliphatic carbocycles. The number of hydrogen-bond donors (Lipinski definition) is 1. The number of ether oxygens (including phenoxy) is 1. The molecule has 1 fully saturated rings. The number of hydrogen-bond acceptors (Lipinski definition) is 7. The van der Waals surface area contributed by atoms with Gasteiger partial charge in [0.1, 0.15) is 0 Å². The number of anilines is 1. The van der Waals surface area contributed by atoms with Gasteiger partial charge in [0.25, 0.3) is 5.91 Å². The van der Waals surface area contributed by atoms with Crippen LogP contribution in [0.5, 0.6) is 0 Å². The SMILES string of the molecule is O=C(Nc1nc2c(s1)CN(CC(=O)N1CCOCC1)CC2)c1ccco1. The molecule has 1 saturated heterocycles. The van der Waals surface area contributed by atoms with Crippen LogP contribution in [0.1, 0.15) is 21.1 Å². The number of furan rings is 1. The minimum Gasteiger partial charge on any atom is -0.459 e. The van der Waals surface area contributed by atoms with Crippen molar-refractivity contribution in [3.05, 3.63) is 34.7 Å². The summed E-state index contributed by atoms with van der Waals surface area (Å²) in [5.41, 5.74) is 1.000. The summed E-state index contributed by atoms with van der Waals surface area (Å²) in [5, 5.41) is 3.34. The molecular formula is C17H20N4O4S. The van der Waals surface area contributed by atoms with Gasteiger partial charge in [-0.15, -0.1) is 11.3 Å². The van der Waals surface area contributed by atoms with Crippen LogP contribution in [0.15, 0.2) is 22.8 Å². The van der Waals surface area contributed by atoms with Crippen LogP contribution in [-0.2, 0) is 22.5 Å². The van der Waals surface area contributed by atoms with Gasteiger partial charge in [0, 0.05) is 37.5 Å². The first-order valence-electron chi connectivity index (χ1n) is 8.60. The van der Waals surface area contributed by atoms with Crippen LogP contribution in [0.2, 0.25) is 0 Å². The Morgan fingerprint density at radius 3 is 2.88 bits per heavy atom. The Morgan fingerprint density at radius 1 is 1.27 bits per heavy atom. The number of morpholine rings is 1.